The lowest BCUT2D eigenvalue weighted by atomic mass is 10.1. The number of likely N-dealkylation sites (tertiary alicyclic amines) is 1. The molecule has 1 N–H and O–H groups in total. The normalized spacial score (nSPS) is 36.7. The van der Waals surface area contributed by atoms with E-state index in [1.165, 1.54) is 43.9 Å². The summed E-state index contributed by atoms with van der Waals surface area (Å²) in [6, 6.07) is 1.57. The van der Waals surface area contributed by atoms with E-state index >= 15 is 0 Å². The summed E-state index contributed by atoms with van der Waals surface area (Å²) >= 11 is 2.11. The van der Waals surface area contributed by atoms with Gasteiger partial charge in [-0.25, -0.2) is 0 Å². The molecular weight excluding hydrogens is 180 g/mol. The van der Waals surface area contributed by atoms with Crippen molar-refractivity contribution < 1.29 is 0 Å². The monoisotopic (exact) mass is 200 g/mol. The van der Waals surface area contributed by atoms with Crippen molar-refractivity contribution in [3.63, 3.8) is 0 Å². The third-order valence-electron chi connectivity index (χ3n) is 3.02. The molecule has 2 aliphatic rings. The second-order valence-electron chi connectivity index (χ2n) is 4.33. The predicted octanol–water partition coefficient (Wildman–Crippen LogP) is 1.18. The van der Waals surface area contributed by atoms with E-state index in [0.29, 0.717) is 0 Å². The first-order valence-corrected chi connectivity index (χ1v) is 6.52. The lowest BCUT2D eigenvalue weighted by Gasteiger charge is -2.26. The van der Waals surface area contributed by atoms with Crippen molar-refractivity contribution >= 4 is 11.8 Å². The molecule has 76 valence electrons. The van der Waals surface area contributed by atoms with Crippen LogP contribution in [0.2, 0.25) is 0 Å². The van der Waals surface area contributed by atoms with Crippen LogP contribution in [0, 0.1) is 0 Å². The van der Waals surface area contributed by atoms with E-state index in [0.717, 1.165) is 12.1 Å². The van der Waals surface area contributed by atoms with Crippen molar-refractivity contribution in [2.45, 2.75) is 31.3 Å². The molecule has 0 bridgehead atoms. The van der Waals surface area contributed by atoms with Gasteiger partial charge in [-0.1, -0.05) is 0 Å². The number of hydrogen-bond donors (Lipinski definition) is 1. The maximum Gasteiger partial charge on any atom is 0.0209 e. The molecule has 0 aliphatic carbocycles. The van der Waals surface area contributed by atoms with Crippen LogP contribution >= 0.6 is 11.8 Å². The molecule has 0 spiro atoms. The topological polar surface area (TPSA) is 15.3 Å². The molecule has 0 saturated carbocycles. The predicted molar refractivity (Wildman–Crippen MR) is 59.4 cm³/mol. The number of hydrogen-bond acceptors (Lipinski definition) is 3. The third-order valence-corrected chi connectivity index (χ3v) is 4.24. The van der Waals surface area contributed by atoms with Gasteiger partial charge in [-0.05, 0) is 38.6 Å². The van der Waals surface area contributed by atoms with Gasteiger partial charge in [0.2, 0.25) is 0 Å². The lowest BCUT2D eigenvalue weighted by molar-refractivity contribution is 0.379. The smallest absolute Gasteiger partial charge is 0.0209 e. The minimum absolute atomic E-state index is 0.772. The first-order valence-electron chi connectivity index (χ1n) is 5.37. The van der Waals surface area contributed by atoms with Crippen LogP contribution in [0.1, 0.15) is 19.3 Å². The molecule has 2 nitrogen and oxygen atoms in total. The van der Waals surface area contributed by atoms with E-state index < -0.39 is 0 Å². The standard InChI is InChI=1S/C10H20N2S/c1-12-5-4-9(7-12)11-10-3-2-6-13-8-10/h9-11H,2-8H2,1H3/t9-,10-/m1/s1. The molecule has 0 amide bonds. The minimum atomic E-state index is 0.772. The number of thioether (sulfide) groups is 1. The van der Waals surface area contributed by atoms with Gasteiger partial charge in [0.25, 0.3) is 0 Å². The van der Waals surface area contributed by atoms with Gasteiger partial charge in [-0.15, -0.1) is 0 Å². The third kappa shape index (κ3) is 2.86. The molecule has 0 aromatic heterocycles. The zero-order chi connectivity index (χ0) is 9.10. The highest BCUT2D eigenvalue weighted by molar-refractivity contribution is 7.99. The van der Waals surface area contributed by atoms with E-state index in [9.17, 15) is 0 Å². The second kappa shape index (κ2) is 4.67. The molecule has 0 aromatic carbocycles. The molecule has 0 unspecified atom stereocenters. The van der Waals surface area contributed by atoms with Gasteiger partial charge in [0.05, 0.1) is 0 Å². The second-order valence-corrected chi connectivity index (χ2v) is 5.48. The summed E-state index contributed by atoms with van der Waals surface area (Å²) in [7, 11) is 2.22. The molecule has 2 atom stereocenters. The maximum atomic E-state index is 3.79. The van der Waals surface area contributed by atoms with Crippen molar-refractivity contribution in [2.75, 3.05) is 31.6 Å². The van der Waals surface area contributed by atoms with Crippen LogP contribution in [0.15, 0.2) is 0 Å². The van der Waals surface area contributed by atoms with Gasteiger partial charge >= 0.3 is 0 Å². The van der Waals surface area contributed by atoms with Gasteiger partial charge in [0.1, 0.15) is 0 Å². The van der Waals surface area contributed by atoms with Crippen LogP contribution < -0.4 is 5.32 Å². The van der Waals surface area contributed by atoms with Gasteiger partial charge in [-0.2, -0.15) is 11.8 Å². The Morgan fingerprint density at radius 2 is 2.23 bits per heavy atom. The quantitative estimate of drug-likeness (QED) is 0.720. The summed E-state index contributed by atoms with van der Waals surface area (Å²) < 4.78 is 0. The fourth-order valence-corrected chi connectivity index (χ4v) is 3.36. The molecule has 0 aromatic rings. The molecular formula is C10H20N2S. The van der Waals surface area contributed by atoms with Crippen LogP contribution in [-0.4, -0.2) is 48.6 Å². The molecule has 2 rings (SSSR count). The molecule has 2 aliphatic heterocycles. The fourth-order valence-electron chi connectivity index (χ4n) is 2.28. The highest BCUT2D eigenvalue weighted by Gasteiger charge is 2.23. The van der Waals surface area contributed by atoms with Gasteiger partial charge in [0, 0.05) is 24.4 Å². The highest BCUT2D eigenvalue weighted by atomic mass is 32.2. The van der Waals surface area contributed by atoms with Crippen molar-refractivity contribution in [1.29, 1.82) is 0 Å². The Morgan fingerprint density at radius 3 is 2.85 bits per heavy atom. The zero-order valence-corrected chi connectivity index (χ0v) is 9.28. The zero-order valence-electron chi connectivity index (χ0n) is 8.46. The Balaban J connectivity index is 1.71. The Hall–Kier alpha value is 0.270. The van der Waals surface area contributed by atoms with Crippen LogP contribution in [-0.2, 0) is 0 Å². The minimum Gasteiger partial charge on any atom is -0.309 e. The first-order chi connectivity index (χ1) is 6.34. The SMILES string of the molecule is CN1CC[C@@H](N[C@@H]2CCCSC2)C1. The average Bonchev–Trinajstić information content (AvgIpc) is 2.53. The molecule has 2 heterocycles. The van der Waals surface area contributed by atoms with Crippen molar-refractivity contribution in [3.8, 4) is 0 Å². The van der Waals surface area contributed by atoms with Crippen LogP contribution in [0.4, 0.5) is 0 Å². The molecule has 2 fully saturated rings. The van der Waals surface area contributed by atoms with Crippen LogP contribution in [0.5, 0.6) is 0 Å². The van der Waals surface area contributed by atoms with Crippen LogP contribution in [0.25, 0.3) is 0 Å². The summed E-state index contributed by atoms with van der Waals surface area (Å²) in [5.74, 6) is 2.71. The summed E-state index contributed by atoms with van der Waals surface area (Å²) in [5.41, 5.74) is 0. The van der Waals surface area contributed by atoms with Crippen molar-refractivity contribution in [3.05, 3.63) is 0 Å². The largest absolute Gasteiger partial charge is 0.309 e. The summed E-state index contributed by atoms with van der Waals surface area (Å²) in [4.78, 5) is 2.42. The average molecular weight is 200 g/mol. The number of nitrogens with one attached hydrogen (secondary N) is 1. The Labute approximate surface area is 85.4 Å². The molecule has 3 heteroatoms. The fraction of sp³-hybridized carbons (Fsp3) is 1.00. The van der Waals surface area contributed by atoms with Crippen molar-refractivity contribution in [1.82, 2.24) is 10.2 Å². The van der Waals surface area contributed by atoms with E-state index in [4.69, 9.17) is 0 Å². The van der Waals surface area contributed by atoms with E-state index in [1.807, 2.05) is 0 Å². The Bertz CT molecular complexity index is 154. The lowest BCUT2D eigenvalue weighted by Crippen LogP contribution is -2.42. The van der Waals surface area contributed by atoms with Crippen molar-refractivity contribution in [2.24, 2.45) is 0 Å². The van der Waals surface area contributed by atoms with E-state index in [1.54, 1.807) is 0 Å². The van der Waals surface area contributed by atoms with Gasteiger partial charge in [-0.3, -0.25) is 0 Å². The summed E-state index contributed by atoms with van der Waals surface area (Å²) in [5, 5.41) is 3.79. The number of likely N-dealkylation sites (N-methyl/N-ethyl adjacent to an activating group) is 1. The van der Waals surface area contributed by atoms with Gasteiger partial charge in [0.15, 0.2) is 0 Å². The maximum absolute atomic E-state index is 3.79. The summed E-state index contributed by atoms with van der Waals surface area (Å²) in [6.45, 7) is 2.53. The van der Waals surface area contributed by atoms with Crippen LogP contribution in [0.3, 0.4) is 0 Å². The first kappa shape index (κ1) is 9.81. The van der Waals surface area contributed by atoms with Gasteiger partial charge < -0.3 is 10.2 Å². The summed E-state index contributed by atoms with van der Waals surface area (Å²) in [6.07, 6.45) is 4.15. The Morgan fingerprint density at radius 1 is 1.31 bits per heavy atom. The van der Waals surface area contributed by atoms with E-state index in [2.05, 4.69) is 29.0 Å². The van der Waals surface area contributed by atoms with E-state index in [-0.39, 0.29) is 0 Å². The molecule has 0 radical (unpaired) electrons. The molecule has 13 heavy (non-hydrogen) atoms. The Kier molecular flexibility index (Phi) is 3.52. The highest BCUT2D eigenvalue weighted by Crippen LogP contribution is 2.18. The number of rotatable bonds is 2. The molecule has 2 saturated heterocycles. The number of nitrogens with zero attached hydrogens (tertiary/aromatic N) is 1.